The quantitative estimate of drug-likeness (QED) is 0.395. The summed E-state index contributed by atoms with van der Waals surface area (Å²) in [7, 11) is 3.21. The van der Waals surface area contributed by atoms with Gasteiger partial charge in [0.15, 0.2) is 28.2 Å². The van der Waals surface area contributed by atoms with Gasteiger partial charge in [0.1, 0.15) is 0 Å². The summed E-state index contributed by atoms with van der Waals surface area (Å²) < 4.78 is 18.2. The zero-order valence-electron chi connectivity index (χ0n) is 19.2. The number of amides is 1. The van der Waals surface area contributed by atoms with Gasteiger partial charge in [-0.2, -0.15) is 0 Å². The van der Waals surface area contributed by atoms with Crippen LogP contribution in [0.25, 0.3) is 11.6 Å². The molecule has 3 rings (SSSR count). The summed E-state index contributed by atoms with van der Waals surface area (Å²) in [6.45, 7) is 8.07. The maximum atomic E-state index is 13.0. The van der Waals surface area contributed by atoms with E-state index < -0.39 is 0 Å². The van der Waals surface area contributed by atoms with E-state index in [1.165, 1.54) is 11.8 Å². The van der Waals surface area contributed by atoms with E-state index in [-0.39, 0.29) is 11.7 Å². The van der Waals surface area contributed by atoms with Crippen LogP contribution in [0, 0.1) is 5.92 Å². The lowest BCUT2D eigenvalue weighted by Crippen LogP contribution is -2.31. The van der Waals surface area contributed by atoms with Crippen LogP contribution in [-0.2, 0) is 17.9 Å². The van der Waals surface area contributed by atoms with Crippen LogP contribution in [0.2, 0.25) is 0 Å². The average molecular weight is 459 g/mol. The first-order chi connectivity index (χ1) is 15.5. The highest BCUT2D eigenvalue weighted by Gasteiger charge is 2.20. The van der Waals surface area contributed by atoms with Crippen LogP contribution in [0.4, 0.5) is 0 Å². The SMILES string of the molecule is CCN(Cc1ccc(OC)c(OC)c1)C(=O)CSc1nnc(-c2ccco2)n1CC(C)C. The number of aromatic nitrogens is 3. The van der Waals surface area contributed by atoms with Crippen LogP contribution in [0.1, 0.15) is 26.3 Å². The van der Waals surface area contributed by atoms with Gasteiger partial charge in [0.25, 0.3) is 0 Å². The van der Waals surface area contributed by atoms with Crippen molar-refractivity contribution in [3.8, 4) is 23.1 Å². The molecular weight excluding hydrogens is 428 g/mol. The number of hydrogen-bond donors (Lipinski definition) is 0. The number of benzene rings is 1. The van der Waals surface area contributed by atoms with E-state index in [4.69, 9.17) is 13.9 Å². The predicted octanol–water partition coefficient (Wildman–Crippen LogP) is 4.35. The molecule has 0 N–H and O–H groups in total. The van der Waals surface area contributed by atoms with Crippen molar-refractivity contribution >= 4 is 17.7 Å². The standard InChI is InChI=1S/C23H30N4O4S/c1-6-26(14-17-9-10-18(29-4)20(12-17)30-5)21(28)15-32-23-25-24-22(19-8-7-11-31-19)27(23)13-16(2)3/h7-12,16H,6,13-15H2,1-5H3. The number of rotatable bonds is 11. The lowest BCUT2D eigenvalue weighted by atomic mass is 10.2. The van der Waals surface area contributed by atoms with Crippen molar-refractivity contribution in [2.75, 3.05) is 26.5 Å². The Morgan fingerprint density at radius 3 is 2.59 bits per heavy atom. The van der Waals surface area contributed by atoms with E-state index in [9.17, 15) is 4.79 Å². The van der Waals surface area contributed by atoms with Gasteiger partial charge < -0.3 is 18.8 Å². The number of thioether (sulfide) groups is 1. The predicted molar refractivity (Wildman–Crippen MR) is 124 cm³/mol. The molecule has 0 bridgehead atoms. The van der Waals surface area contributed by atoms with Crippen LogP contribution >= 0.6 is 11.8 Å². The third-order valence-electron chi connectivity index (χ3n) is 4.89. The molecule has 1 amide bonds. The van der Waals surface area contributed by atoms with Crippen molar-refractivity contribution < 1.29 is 18.7 Å². The number of hydrogen-bond acceptors (Lipinski definition) is 7. The van der Waals surface area contributed by atoms with E-state index >= 15 is 0 Å². The fourth-order valence-electron chi connectivity index (χ4n) is 3.31. The number of carbonyl (C=O) groups is 1. The second-order valence-corrected chi connectivity index (χ2v) is 8.62. The maximum absolute atomic E-state index is 13.0. The number of methoxy groups -OCH3 is 2. The van der Waals surface area contributed by atoms with Gasteiger partial charge >= 0.3 is 0 Å². The second-order valence-electron chi connectivity index (χ2n) is 7.67. The zero-order valence-corrected chi connectivity index (χ0v) is 20.0. The molecule has 2 aromatic heterocycles. The summed E-state index contributed by atoms with van der Waals surface area (Å²) in [5.41, 5.74) is 0.978. The van der Waals surface area contributed by atoms with Gasteiger partial charge in [-0.1, -0.05) is 31.7 Å². The number of furan rings is 1. The molecule has 1 aromatic carbocycles. The number of ether oxygens (including phenoxy) is 2. The van der Waals surface area contributed by atoms with Crippen LogP contribution in [0.3, 0.4) is 0 Å². The molecule has 9 heteroatoms. The van der Waals surface area contributed by atoms with Crippen LogP contribution in [0.5, 0.6) is 11.5 Å². The summed E-state index contributed by atoms with van der Waals surface area (Å²) in [5, 5.41) is 9.34. The van der Waals surface area contributed by atoms with Gasteiger partial charge in [-0.25, -0.2) is 0 Å². The van der Waals surface area contributed by atoms with Gasteiger partial charge in [-0.05, 0) is 42.7 Å². The fraction of sp³-hybridized carbons (Fsp3) is 0.435. The van der Waals surface area contributed by atoms with Gasteiger partial charge in [-0.15, -0.1) is 10.2 Å². The topological polar surface area (TPSA) is 82.6 Å². The Bertz CT molecular complexity index is 1020. The third kappa shape index (κ3) is 5.64. The molecule has 0 unspecified atom stereocenters. The molecule has 172 valence electrons. The van der Waals surface area contributed by atoms with Gasteiger partial charge in [0.05, 0.1) is 26.2 Å². The van der Waals surface area contributed by atoms with E-state index in [0.717, 1.165) is 12.1 Å². The Labute approximate surface area is 192 Å². The molecule has 0 saturated heterocycles. The molecule has 0 fully saturated rings. The second kappa shape index (κ2) is 11.1. The largest absolute Gasteiger partial charge is 0.493 e. The smallest absolute Gasteiger partial charge is 0.233 e. The molecule has 3 aromatic rings. The van der Waals surface area contributed by atoms with Gasteiger partial charge in [-0.3, -0.25) is 9.36 Å². The highest BCUT2D eigenvalue weighted by Crippen LogP contribution is 2.29. The lowest BCUT2D eigenvalue weighted by Gasteiger charge is -2.21. The minimum Gasteiger partial charge on any atom is -0.493 e. The molecule has 0 atom stereocenters. The zero-order chi connectivity index (χ0) is 23.1. The summed E-state index contributed by atoms with van der Waals surface area (Å²) in [6.07, 6.45) is 1.62. The van der Waals surface area contributed by atoms with Crippen LogP contribution in [-0.4, -0.2) is 52.1 Å². The lowest BCUT2D eigenvalue weighted by molar-refractivity contribution is -0.128. The monoisotopic (exact) mass is 458 g/mol. The minimum absolute atomic E-state index is 0.0333. The molecule has 0 aliphatic heterocycles. The average Bonchev–Trinajstić information content (AvgIpc) is 3.45. The molecule has 2 heterocycles. The van der Waals surface area contributed by atoms with Gasteiger partial charge in [0.2, 0.25) is 5.91 Å². The van der Waals surface area contributed by atoms with Crippen molar-refractivity contribution in [3.63, 3.8) is 0 Å². The molecular formula is C23H30N4O4S. The van der Waals surface area contributed by atoms with Crippen LogP contribution in [0.15, 0.2) is 46.2 Å². The first-order valence-corrected chi connectivity index (χ1v) is 11.5. The Morgan fingerprint density at radius 1 is 1.19 bits per heavy atom. The third-order valence-corrected chi connectivity index (χ3v) is 5.84. The molecule has 32 heavy (non-hydrogen) atoms. The van der Waals surface area contributed by atoms with Crippen molar-refractivity contribution in [1.82, 2.24) is 19.7 Å². The summed E-state index contributed by atoms with van der Waals surface area (Å²) in [5.74, 6) is 3.36. The van der Waals surface area contributed by atoms with Gasteiger partial charge in [0, 0.05) is 19.6 Å². The molecule has 0 saturated carbocycles. The van der Waals surface area contributed by atoms with Crippen molar-refractivity contribution in [3.05, 3.63) is 42.2 Å². The highest BCUT2D eigenvalue weighted by molar-refractivity contribution is 7.99. The fourth-order valence-corrected chi connectivity index (χ4v) is 4.16. The molecule has 8 nitrogen and oxygen atoms in total. The first-order valence-electron chi connectivity index (χ1n) is 10.5. The normalized spacial score (nSPS) is 11.1. The van der Waals surface area contributed by atoms with Crippen molar-refractivity contribution in [2.45, 2.75) is 39.0 Å². The molecule has 0 spiro atoms. The van der Waals surface area contributed by atoms with E-state index in [1.807, 2.05) is 46.7 Å². The molecule has 0 aliphatic rings. The summed E-state index contributed by atoms with van der Waals surface area (Å²) >= 11 is 1.40. The Kier molecular flexibility index (Phi) is 8.21. The minimum atomic E-state index is 0.0333. The van der Waals surface area contributed by atoms with E-state index in [1.54, 1.807) is 20.5 Å². The Hall–Kier alpha value is -2.94. The Balaban J connectivity index is 1.70. The summed E-state index contributed by atoms with van der Waals surface area (Å²) in [4.78, 5) is 14.8. The summed E-state index contributed by atoms with van der Waals surface area (Å²) in [6, 6.07) is 9.39. The van der Waals surface area contributed by atoms with Crippen LogP contribution < -0.4 is 9.47 Å². The first kappa shape index (κ1) is 23.7. The van der Waals surface area contributed by atoms with Crippen molar-refractivity contribution in [1.29, 1.82) is 0 Å². The van der Waals surface area contributed by atoms with E-state index in [2.05, 4.69) is 24.0 Å². The number of carbonyl (C=O) groups excluding carboxylic acids is 1. The highest BCUT2D eigenvalue weighted by atomic mass is 32.2. The van der Waals surface area contributed by atoms with E-state index in [0.29, 0.717) is 47.2 Å². The maximum Gasteiger partial charge on any atom is 0.233 e. The number of nitrogens with zero attached hydrogens (tertiary/aromatic N) is 4. The van der Waals surface area contributed by atoms with Crippen molar-refractivity contribution in [2.24, 2.45) is 5.92 Å². The molecule has 0 radical (unpaired) electrons. The molecule has 0 aliphatic carbocycles. The Morgan fingerprint density at radius 2 is 1.97 bits per heavy atom.